The Hall–Kier alpha value is -6.06. The lowest BCUT2D eigenvalue weighted by Crippen LogP contribution is -2.16. The number of hydrogen-bond donors (Lipinski definition) is 2. The van der Waals surface area contributed by atoms with Gasteiger partial charge in [-0.15, -0.1) is 0 Å². The highest BCUT2D eigenvalue weighted by atomic mass is 16.5. The zero-order valence-corrected chi connectivity index (χ0v) is 26.8. The summed E-state index contributed by atoms with van der Waals surface area (Å²) < 4.78 is 5.16. The van der Waals surface area contributed by atoms with Gasteiger partial charge in [0.05, 0.1) is 0 Å². The summed E-state index contributed by atoms with van der Waals surface area (Å²) in [5, 5.41) is 25.5. The van der Waals surface area contributed by atoms with Gasteiger partial charge in [0.15, 0.2) is 6.40 Å². The second-order valence-electron chi connectivity index (χ2n) is 13.3. The lowest BCUT2D eigenvalue weighted by atomic mass is 9.79. The highest BCUT2D eigenvalue weighted by molar-refractivity contribution is 6.23. The first kappa shape index (κ1) is 28.2. The van der Waals surface area contributed by atoms with Crippen LogP contribution in [-0.4, -0.2) is 12.3 Å². The van der Waals surface area contributed by atoms with Crippen molar-refractivity contribution in [2.45, 2.75) is 19.3 Å². The maximum absolute atomic E-state index is 8.37. The minimum absolute atomic E-state index is 0.0202. The monoisotopic (exact) mass is 616 g/mol. The summed E-state index contributed by atoms with van der Waals surface area (Å²) >= 11 is 0. The third kappa shape index (κ3) is 4.14. The first-order valence-electron chi connectivity index (χ1n) is 16.3. The van der Waals surface area contributed by atoms with Crippen molar-refractivity contribution in [1.29, 1.82) is 10.8 Å². The molecule has 0 aromatic heterocycles. The molecule has 8 aromatic carbocycles. The van der Waals surface area contributed by atoms with E-state index < -0.39 is 0 Å². The van der Waals surface area contributed by atoms with E-state index in [1.54, 1.807) is 0 Å². The van der Waals surface area contributed by atoms with Gasteiger partial charge in [-0.2, -0.15) is 0 Å². The smallest absolute Gasteiger partial charge is 0.220 e. The van der Waals surface area contributed by atoms with Gasteiger partial charge in [-0.05, 0) is 124 Å². The molecular weight excluding hydrogens is 585 g/mol. The molecule has 0 fully saturated rings. The molecule has 2 N–H and O–H groups in total. The molecule has 48 heavy (non-hydrogen) atoms. The Labute approximate surface area is 279 Å². The molecule has 0 spiro atoms. The summed E-state index contributed by atoms with van der Waals surface area (Å²) in [4.78, 5) is 0. The zero-order valence-electron chi connectivity index (χ0n) is 26.8. The van der Waals surface area contributed by atoms with Gasteiger partial charge in [0.1, 0.15) is 0 Å². The van der Waals surface area contributed by atoms with Crippen LogP contribution in [0.3, 0.4) is 0 Å². The van der Waals surface area contributed by atoms with E-state index in [2.05, 4.69) is 147 Å². The molecule has 0 amide bonds. The first-order valence-corrected chi connectivity index (χ1v) is 16.3. The highest BCUT2D eigenvalue weighted by Crippen LogP contribution is 2.53. The van der Waals surface area contributed by atoms with Crippen LogP contribution in [0.15, 0.2) is 140 Å². The van der Waals surface area contributed by atoms with Gasteiger partial charge < -0.3 is 4.74 Å². The zero-order chi connectivity index (χ0) is 32.6. The van der Waals surface area contributed by atoms with Gasteiger partial charge in [0, 0.05) is 11.0 Å². The van der Waals surface area contributed by atoms with Crippen LogP contribution in [0.4, 0.5) is 0 Å². The fourth-order valence-electron chi connectivity index (χ4n) is 7.98. The van der Waals surface area contributed by atoms with Gasteiger partial charge in [0.2, 0.25) is 5.90 Å². The third-order valence-corrected chi connectivity index (χ3v) is 10.3. The Kier molecular flexibility index (Phi) is 6.15. The Morgan fingerprint density at radius 3 is 1.62 bits per heavy atom. The number of rotatable bonds is 4. The molecule has 1 aliphatic rings. The summed E-state index contributed by atoms with van der Waals surface area (Å²) in [6.45, 7) is 4.55. The van der Waals surface area contributed by atoms with E-state index in [9.17, 15) is 0 Å². The maximum atomic E-state index is 8.37. The molecule has 3 heteroatoms. The molecule has 3 nitrogen and oxygen atoms in total. The first-order chi connectivity index (χ1) is 23.4. The van der Waals surface area contributed by atoms with Gasteiger partial charge in [-0.25, -0.2) is 0 Å². The summed E-state index contributed by atoms with van der Waals surface area (Å²) in [5.74, 6) is -0.0202. The van der Waals surface area contributed by atoms with E-state index in [1.165, 1.54) is 82.0 Å². The molecule has 0 atom stereocenters. The molecule has 9 rings (SSSR count). The Morgan fingerprint density at radius 1 is 0.521 bits per heavy atom. The maximum Gasteiger partial charge on any atom is 0.220 e. The third-order valence-electron chi connectivity index (χ3n) is 10.3. The Bertz CT molecular complexity index is 2660. The normalized spacial score (nSPS) is 13.1. The second-order valence-corrected chi connectivity index (χ2v) is 13.3. The molecule has 0 heterocycles. The van der Waals surface area contributed by atoms with E-state index in [1.807, 2.05) is 6.07 Å². The van der Waals surface area contributed by atoms with Crippen molar-refractivity contribution in [3.05, 3.63) is 156 Å². The highest BCUT2D eigenvalue weighted by Gasteiger charge is 2.37. The van der Waals surface area contributed by atoms with Crippen molar-refractivity contribution in [3.63, 3.8) is 0 Å². The van der Waals surface area contributed by atoms with Crippen LogP contribution in [0.1, 0.15) is 30.5 Å². The lowest BCUT2D eigenvalue weighted by Gasteiger charge is -2.24. The van der Waals surface area contributed by atoms with E-state index in [0.717, 1.165) is 12.0 Å². The van der Waals surface area contributed by atoms with Crippen molar-refractivity contribution in [2.75, 3.05) is 0 Å². The quantitative estimate of drug-likeness (QED) is 0.115. The molecule has 0 radical (unpaired) electrons. The molecule has 0 bridgehead atoms. The van der Waals surface area contributed by atoms with Crippen LogP contribution in [0, 0.1) is 10.8 Å². The number of benzene rings is 8. The van der Waals surface area contributed by atoms with Gasteiger partial charge >= 0.3 is 0 Å². The summed E-state index contributed by atoms with van der Waals surface area (Å²) in [6.07, 6.45) is 0.815. The van der Waals surface area contributed by atoms with Crippen molar-refractivity contribution >= 4 is 55.4 Å². The molecule has 228 valence electrons. The Morgan fingerprint density at radius 2 is 1.04 bits per heavy atom. The lowest BCUT2D eigenvalue weighted by molar-refractivity contribution is 0.560. The van der Waals surface area contributed by atoms with Crippen molar-refractivity contribution in [1.82, 2.24) is 0 Å². The van der Waals surface area contributed by atoms with Crippen LogP contribution >= 0.6 is 0 Å². The molecular formula is C45H32N2O. The number of nitrogens with one attached hydrogen (secondary N) is 2. The van der Waals surface area contributed by atoms with Crippen LogP contribution in [0.25, 0.3) is 76.5 Å². The van der Waals surface area contributed by atoms with Crippen LogP contribution < -0.4 is 0 Å². The van der Waals surface area contributed by atoms with Crippen LogP contribution in [0.5, 0.6) is 0 Å². The molecule has 8 aromatic rings. The standard InChI is InChI=1S/C45H32N2O/c1-45(2)40-23-33(44(47)48-26-46)19-20-34(40)37-24-38-39(25-41(37)45)43(32-18-16-28-10-4-6-12-30(28)22-32)36-14-8-7-13-35(36)42(38)31-17-15-27-9-3-5-11-29(27)21-31/h3-26,46-47H,1-2H3. The van der Waals surface area contributed by atoms with Crippen LogP contribution in [-0.2, 0) is 10.2 Å². The van der Waals surface area contributed by atoms with E-state index >= 15 is 0 Å². The van der Waals surface area contributed by atoms with E-state index in [4.69, 9.17) is 15.6 Å². The predicted molar refractivity (Wildman–Crippen MR) is 202 cm³/mol. The van der Waals surface area contributed by atoms with E-state index in [0.29, 0.717) is 5.56 Å². The molecule has 0 aliphatic heterocycles. The van der Waals surface area contributed by atoms with Gasteiger partial charge in [-0.3, -0.25) is 10.8 Å². The molecule has 0 saturated heterocycles. The SMILES string of the molecule is CC1(C)c2cc(C(=N)OC=N)ccc2-c2cc3c(-c4ccc5ccccc5c4)c4ccccc4c(-c4ccc5ccccc5c4)c3cc21. The largest absolute Gasteiger partial charge is 0.428 e. The van der Waals surface area contributed by atoms with Gasteiger partial charge in [-0.1, -0.05) is 117 Å². The van der Waals surface area contributed by atoms with Crippen LogP contribution in [0.2, 0.25) is 0 Å². The predicted octanol–water partition coefficient (Wildman–Crippen LogP) is 11.9. The molecule has 0 unspecified atom stereocenters. The minimum atomic E-state index is -0.310. The van der Waals surface area contributed by atoms with Crippen molar-refractivity contribution in [2.24, 2.45) is 0 Å². The molecule has 1 aliphatic carbocycles. The van der Waals surface area contributed by atoms with E-state index in [-0.39, 0.29) is 11.3 Å². The van der Waals surface area contributed by atoms with Crippen molar-refractivity contribution in [3.8, 4) is 33.4 Å². The number of hydrogen-bond acceptors (Lipinski definition) is 3. The minimum Gasteiger partial charge on any atom is -0.428 e. The van der Waals surface area contributed by atoms with Crippen molar-refractivity contribution < 1.29 is 4.74 Å². The Balaban J connectivity index is 1.41. The summed E-state index contributed by atoms with van der Waals surface area (Å²) in [7, 11) is 0. The topological polar surface area (TPSA) is 56.9 Å². The van der Waals surface area contributed by atoms with Gasteiger partial charge in [0.25, 0.3) is 0 Å². The fourth-order valence-corrected chi connectivity index (χ4v) is 7.98. The number of fused-ring (bicyclic) bond motifs is 7. The second kappa shape index (κ2) is 10.5. The number of ether oxygens (including phenoxy) is 1. The average Bonchev–Trinajstić information content (AvgIpc) is 3.34. The summed E-state index contributed by atoms with van der Waals surface area (Å²) in [5.41, 5.74) is 10.1. The average molecular weight is 617 g/mol. The molecule has 0 saturated carbocycles. The summed E-state index contributed by atoms with van der Waals surface area (Å²) in [6, 6.07) is 50.7. The fraction of sp³-hybridized carbons (Fsp3) is 0.0667.